The smallest absolute Gasteiger partial charge is 0.416 e. The molecule has 0 spiro atoms. The number of nitrogens with zero attached hydrogens (tertiary/aromatic N) is 4. The van der Waals surface area contributed by atoms with Crippen LogP contribution in [0.1, 0.15) is 30.4 Å². The average molecular weight is 620 g/mol. The number of hydrogen-bond donors (Lipinski definition) is 1. The van der Waals surface area contributed by atoms with Gasteiger partial charge in [-0.2, -0.15) is 13.2 Å². The second-order valence-electron chi connectivity index (χ2n) is 11.6. The molecule has 0 radical (unpaired) electrons. The van der Waals surface area contributed by atoms with Gasteiger partial charge in [-0.15, -0.1) is 0 Å². The maximum atomic E-state index is 12.8. The quantitative estimate of drug-likeness (QED) is 0.205. The fourth-order valence-corrected chi connectivity index (χ4v) is 5.74. The first-order valence-electron chi connectivity index (χ1n) is 15.3. The van der Waals surface area contributed by atoms with Gasteiger partial charge in [-0.1, -0.05) is 24.3 Å². The van der Waals surface area contributed by atoms with E-state index in [0.717, 1.165) is 68.3 Å². The minimum atomic E-state index is -4.41. The van der Waals surface area contributed by atoms with E-state index in [-0.39, 0.29) is 12.3 Å². The lowest BCUT2D eigenvalue weighted by Crippen LogP contribution is -2.47. The molecule has 0 unspecified atom stereocenters. The summed E-state index contributed by atoms with van der Waals surface area (Å²) >= 11 is 0. The molecule has 236 valence electrons. The lowest BCUT2D eigenvalue weighted by atomic mass is 10.1. The second-order valence-corrected chi connectivity index (χ2v) is 11.6. The highest BCUT2D eigenvalue weighted by atomic mass is 19.4. The standard InChI is InChI=1S/C34H36F3N5O3/c1-44-30-21-29-28(20-31(30)45-18-2-13-41-14-16-42(17-15-41)27-11-12-27)33(39-22-38-29)24-5-9-26(10-6-24)40-32(43)19-23-3-7-25(8-4-23)34(35,36)37/h3-10,20-22,27H,2,11-19H2,1H3,(H,40,43). The fourth-order valence-electron chi connectivity index (χ4n) is 5.74. The Kier molecular flexibility index (Phi) is 9.18. The molecular weight excluding hydrogens is 583 g/mol. The Balaban J connectivity index is 1.08. The summed E-state index contributed by atoms with van der Waals surface area (Å²) in [5, 5.41) is 3.61. The van der Waals surface area contributed by atoms with E-state index in [1.54, 1.807) is 19.2 Å². The topological polar surface area (TPSA) is 79.8 Å². The Morgan fingerprint density at radius 3 is 2.36 bits per heavy atom. The number of fused-ring (bicyclic) bond motifs is 1. The van der Waals surface area contributed by atoms with Gasteiger partial charge in [0.2, 0.25) is 5.91 Å². The maximum absolute atomic E-state index is 12.8. The van der Waals surface area contributed by atoms with Crippen molar-refractivity contribution in [2.45, 2.75) is 37.9 Å². The summed E-state index contributed by atoms with van der Waals surface area (Å²) < 4.78 is 50.3. The van der Waals surface area contributed by atoms with Crippen molar-refractivity contribution in [2.24, 2.45) is 0 Å². The van der Waals surface area contributed by atoms with Crippen LogP contribution in [-0.2, 0) is 17.4 Å². The number of anilines is 1. The van der Waals surface area contributed by atoms with Crippen LogP contribution >= 0.6 is 0 Å². The van der Waals surface area contributed by atoms with E-state index in [4.69, 9.17) is 9.47 Å². The predicted molar refractivity (Wildman–Crippen MR) is 166 cm³/mol. The Bertz CT molecular complexity index is 1620. The number of hydrogen-bond acceptors (Lipinski definition) is 7. The molecule has 4 aromatic rings. The summed E-state index contributed by atoms with van der Waals surface area (Å²) in [6.45, 7) is 6.09. The summed E-state index contributed by atoms with van der Waals surface area (Å²) in [5.41, 5.74) is 2.56. The van der Waals surface area contributed by atoms with E-state index in [9.17, 15) is 18.0 Å². The zero-order valence-electron chi connectivity index (χ0n) is 25.1. The Morgan fingerprint density at radius 2 is 1.69 bits per heavy atom. The molecule has 1 saturated heterocycles. The van der Waals surface area contributed by atoms with Crippen LogP contribution in [0.5, 0.6) is 11.5 Å². The van der Waals surface area contributed by atoms with Crippen LogP contribution in [-0.4, -0.2) is 78.2 Å². The van der Waals surface area contributed by atoms with Gasteiger partial charge in [0.15, 0.2) is 11.5 Å². The van der Waals surface area contributed by atoms with Crippen molar-refractivity contribution in [1.82, 2.24) is 19.8 Å². The van der Waals surface area contributed by atoms with Gasteiger partial charge >= 0.3 is 6.18 Å². The van der Waals surface area contributed by atoms with Gasteiger partial charge in [0.05, 0.1) is 36.9 Å². The molecule has 45 heavy (non-hydrogen) atoms. The number of ether oxygens (including phenoxy) is 2. The van der Waals surface area contributed by atoms with Gasteiger partial charge in [0, 0.05) is 61.5 Å². The molecular formula is C34H36F3N5O3. The summed E-state index contributed by atoms with van der Waals surface area (Å²) in [5.74, 6) is 0.910. The summed E-state index contributed by atoms with van der Waals surface area (Å²) in [7, 11) is 1.61. The fraction of sp³-hybridized carbons (Fsp3) is 0.382. The number of carbonyl (C=O) groups is 1. The van der Waals surface area contributed by atoms with Crippen LogP contribution in [0.4, 0.5) is 18.9 Å². The Hall–Kier alpha value is -4.22. The van der Waals surface area contributed by atoms with Crippen molar-refractivity contribution in [1.29, 1.82) is 0 Å². The molecule has 6 rings (SSSR count). The average Bonchev–Trinajstić information content (AvgIpc) is 3.89. The van der Waals surface area contributed by atoms with Gasteiger partial charge in [-0.25, -0.2) is 9.97 Å². The van der Waals surface area contributed by atoms with Gasteiger partial charge in [-0.3, -0.25) is 9.69 Å². The first-order valence-corrected chi connectivity index (χ1v) is 15.3. The predicted octanol–water partition coefficient (Wildman–Crippen LogP) is 6.05. The van der Waals surface area contributed by atoms with Gasteiger partial charge in [-0.05, 0) is 55.2 Å². The minimum absolute atomic E-state index is 0.0436. The van der Waals surface area contributed by atoms with E-state index in [2.05, 4.69) is 25.1 Å². The minimum Gasteiger partial charge on any atom is -0.493 e. The van der Waals surface area contributed by atoms with E-state index >= 15 is 0 Å². The summed E-state index contributed by atoms with van der Waals surface area (Å²) in [6.07, 6.45) is 0.667. The van der Waals surface area contributed by atoms with Gasteiger partial charge in [0.1, 0.15) is 6.33 Å². The van der Waals surface area contributed by atoms with E-state index < -0.39 is 11.7 Å². The number of methoxy groups -OCH3 is 1. The van der Waals surface area contributed by atoms with E-state index in [1.165, 1.54) is 31.3 Å². The number of rotatable bonds is 11. The number of carbonyl (C=O) groups excluding carboxylic acids is 1. The summed E-state index contributed by atoms with van der Waals surface area (Å²) in [6, 6.07) is 16.4. The number of alkyl halides is 3. The molecule has 0 bridgehead atoms. The van der Waals surface area contributed by atoms with Crippen LogP contribution in [0.3, 0.4) is 0 Å². The molecule has 2 fully saturated rings. The lowest BCUT2D eigenvalue weighted by molar-refractivity contribution is -0.137. The van der Waals surface area contributed by atoms with Crippen LogP contribution in [0.25, 0.3) is 22.2 Å². The van der Waals surface area contributed by atoms with Crippen LogP contribution in [0.2, 0.25) is 0 Å². The maximum Gasteiger partial charge on any atom is 0.416 e. The van der Waals surface area contributed by atoms with Crippen LogP contribution in [0.15, 0.2) is 67.0 Å². The largest absolute Gasteiger partial charge is 0.493 e. The van der Waals surface area contributed by atoms with Crippen molar-refractivity contribution in [3.05, 3.63) is 78.1 Å². The highest BCUT2D eigenvalue weighted by molar-refractivity contribution is 5.95. The van der Waals surface area contributed by atoms with E-state index in [1.807, 2.05) is 24.3 Å². The third-order valence-corrected chi connectivity index (χ3v) is 8.36. The second kappa shape index (κ2) is 13.4. The molecule has 11 heteroatoms. The third kappa shape index (κ3) is 7.72. The molecule has 2 aliphatic rings. The lowest BCUT2D eigenvalue weighted by Gasteiger charge is -2.34. The normalized spacial score (nSPS) is 16.1. The molecule has 8 nitrogen and oxygen atoms in total. The molecule has 1 aromatic heterocycles. The zero-order valence-corrected chi connectivity index (χ0v) is 25.1. The first-order chi connectivity index (χ1) is 21.8. The molecule has 1 saturated carbocycles. The summed E-state index contributed by atoms with van der Waals surface area (Å²) in [4.78, 5) is 26.6. The highest BCUT2D eigenvalue weighted by Crippen LogP contribution is 2.36. The van der Waals surface area contributed by atoms with Gasteiger partial charge in [0.25, 0.3) is 0 Å². The molecule has 0 atom stereocenters. The monoisotopic (exact) mass is 619 g/mol. The highest BCUT2D eigenvalue weighted by Gasteiger charge is 2.31. The molecule has 1 aliphatic heterocycles. The van der Waals surface area contributed by atoms with Crippen molar-refractivity contribution in [3.8, 4) is 22.8 Å². The number of halogens is 3. The molecule has 1 N–H and O–H groups in total. The molecule has 2 heterocycles. The molecule has 3 aromatic carbocycles. The zero-order chi connectivity index (χ0) is 31.4. The van der Waals surface area contributed by atoms with Crippen molar-refractivity contribution in [3.63, 3.8) is 0 Å². The van der Waals surface area contributed by atoms with Crippen molar-refractivity contribution >= 4 is 22.5 Å². The number of aromatic nitrogens is 2. The van der Waals surface area contributed by atoms with Crippen molar-refractivity contribution < 1.29 is 27.4 Å². The Morgan fingerprint density at radius 1 is 0.956 bits per heavy atom. The number of benzene rings is 3. The number of piperazine rings is 1. The van der Waals surface area contributed by atoms with Crippen LogP contribution in [0, 0.1) is 0 Å². The first kappa shape index (κ1) is 30.8. The molecule has 1 amide bonds. The third-order valence-electron chi connectivity index (χ3n) is 8.36. The molecule has 1 aliphatic carbocycles. The van der Waals surface area contributed by atoms with E-state index in [0.29, 0.717) is 40.6 Å². The van der Waals surface area contributed by atoms with Crippen LogP contribution < -0.4 is 14.8 Å². The van der Waals surface area contributed by atoms with Crippen molar-refractivity contribution in [2.75, 3.05) is 51.8 Å². The number of nitrogens with one attached hydrogen (secondary N) is 1. The Labute approximate surface area is 260 Å². The SMILES string of the molecule is COc1cc2ncnc(-c3ccc(NC(=O)Cc4ccc(C(F)(F)F)cc4)cc3)c2cc1OCCCN1CCN(C2CC2)CC1. The van der Waals surface area contributed by atoms with Gasteiger partial charge < -0.3 is 19.7 Å². The number of amides is 1.